The topological polar surface area (TPSA) is 51.2 Å². The average molecular weight is 270 g/mol. The van der Waals surface area contributed by atoms with Crippen molar-refractivity contribution in [3.05, 3.63) is 27.0 Å². The average Bonchev–Trinajstić information content (AvgIpc) is 2.23. The van der Waals surface area contributed by atoms with Crippen LogP contribution in [0.1, 0.15) is 17.4 Å². The fourth-order valence-corrected chi connectivity index (χ4v) is 1.35. The molecule has 1 rings (SSSR count). The minimum Gasteiger partial charge on any atom is -0.274 e. The molecule has 0 unspecified atom stereocenters. The van der Waals surface area contributed by atoms with Crippen LogP contribution in [0.25, 0.3) is 0 Å². The first-order chi connectivity index (χ1) is 7.07. The van der Waals surface area contributed by atoms with Crippen LogP contribution in [0.4, 0.5) is 0 Å². The van der Waals surface area contributed by atoms with E-state index in [1.807, 2.05) is 0 Å². The van der Waals surface area contributed by atoms with Gasteiger partial charge in [0.15, 0.2) is 5.69 Å². The highest BCUT2D eigenvalue weighted by molar-refractivity contribution is 6.48. The molecule has 4 nitrogen and oxygen atoms in total. The molecule has 0 aliphatic heterocycles. The Bertz CT molecular complexity index is 384. The number of halogens is 3. The summed E-state index contributed by atoms with van der Waals surface area (Å²) in [5.74, 6) is -0.569. The first-order valence-corrected chi connectivity index (χ1v) is 5.13. The van der Waals surface area contributed by atoms with Crippen molar-refractivity contribution in [1.82, 2.24) is 10.5 Å². The predicted molar refractivity (Wildman–Crippen MR) is 58.4 cm³/mol. The SMILES string of the molecule is CCONC(=O)c1ncc(Cl)c(Cl)c1Cl. The highest BCUT2D eigenvalue weighted by atomic mass is 35.5. The van der Waals surface area contributed by atoms with Crippen LogP contribution in [0.5, 0.6) is 0 Å². The van der Waals surface area contributed by atoms with Crippen LogP contribution in [0.3, 0.4) is 0 Å². The molecule has 15 heavy (non-hydrogen) atoms. The Hall–Kier alpha value is -0.550. The second kappa shape index (κ2) is 5.51. The van der Waals surface area contributed by atoms with E-state index < -0.39 is 5.91 Å². The highest BCUT2D eigenvalue weighted by Crippen LogP contribution is 2.30. The molecule has 0 bridgehead atoms. The molecule has 1 heterocycles. The largest absolute Gasteiger partial charge is 0.295 e. The Kier molecular flexibility index (Phi) is 4.60. The van der Waals surface area contributed by atoms with Gasteiger partial charge in [-0.3, -0.25) is 9.63 Å². The zero-order valence-electron chi connectivity index (χ0n) is 7.68. The maximum atomic E-state index is 11.4. The second-order valence-corrected chi connectivity index (χ2v) is 3.61. The van der Waals surface area contributed by atoms with Crippen LogP contribution < -0.4 is 5.48 Å². The van der Waals surface area contributed by atoms with E-state index in [0.29, 0.717) is 6.61 Å². The maximum Gasteiger partial charge on any atom is 0.295 e. The van der Waals surface area contributed by atoms with Crippen molar-refractivity contribution in [1.29, 1.82) is 0 Å². The lowest BCUT2D eigenvalue weighted by atomic mass is 10.3. The molecule has 0 aliphatic rings. The Labute approximate surface area is 101 Å². The van der Waals surface area contributed by atoms with Crippen LogP contribution >= 0.6 is 34.8 Å². The molecule has 0 fully saturated rings. The van der Waals surface area contributed by atoms with Crippen LogP contribution in [-0.2, 0) is 4.84 Å². The first kappa shape index (κ1) is 12.5. The third-order valence-electron chi connectivity index (χ3n) is 1.44. The van der Waals surface area contributed by atoms with Gasteiger partial charge in [-0.05, 0) is 6.92 Å². The lowest BCUT2D eigenvalue weighted by Crippen LogP contribution is -2.24. The van der Waals surface area contributed by atoms with Crippen LogP contribution in [-0.4, -0.2) is 17.5 Å². The zero-order chi connectivity index (χ0) is 11.4. The van der Waals surface area contributed by atoms with Crippen molar-refractivity contribution in [3.8, 4) is 0 Å². The number of carbonyl (C=O) groups is 1. The fourth-order valence-electron chi connectivity index (χ4n) is 0.788. The number of hydrogen-bond donors (Lipinski definition) is 1. The number of carbonyl (C=O) groups excluding carboxylic acids is 1. The minimum atomic E-state index is -0.569. The Balaban J connectivity index is 2.95. The van der Waals surface area contributed by atoms with Gasteiger partial charge in [0.1, 0.15) is 0 Å². The van der Waals surface area contributed by atoms with Gasteiger partial charge in [-0.25, -0.2) is 10.5 Å². The molecule has 0 saturated heterocycles. The van der Waals surface area contributed by atoms with Gasteiger partial charge in [-0.1, -0.05) is 34.8 Å². The number of nitrogens with zero attached hydrogens (tertiary/aromatic N) is 1. The monoisotopic (exact) mass is 268 g/mol. The fraction of sp³-hybridized carbons (Fsp3) is 0.250. The van der Waals surface area contributed by atoms with Gasteiger partial charge in [0, 0.05) is 6.20 Å². The summed E-state index contributed by atoms with van der Waals surface area (Å²) in [5, 5.41) is 0.283. The van der Waals surface area contributed by atoms with Crippen molar-refractivity contribution in [3.63, 3.8) is 0 Å². The van der Waals surface area contributed by atoms with Crippen molar-refractivity contribution < 1.29 is 9.63 Å². The predicted octanol–water partition coefficient (Wildman–Crippen LogP) is 2.72. The normalized spacial score (nSPS) is 10.1. The summed E-state index contributed by atoms with van der Waals surface area (Å²) in [6.45, 7) is 2.06. The summed E-state index contributed by atoms with van der Waals surface area (Å²) < 4.78 is 0. The molecular formula is C8H7Cl3N2O2. The number of rotatable bonds is 3. The summed E-state index contributed by atoms with van der Waals surface area (Å²) in [4.78, 5) is 19.9. The van der Waals surface area contributed by atoms with Gasteiger partial charge in [-0.15, -0.1) is 0 Å². The van der Waals surface area contributed by atoms with E-state index in [4.69, 9.17) is 39.6 Å². The van der Waals surface area contributed by atoms with E-state index in [-0.39, 0.29) is 20.8 Å². The van der Waals surface area contributed by atoms with E-state index in [0.717, 1.165) is 0 Å². The van der Waals surface area contributed by atoms with Crippen LogP contribution in [0, 0.1) is 0 Å². The van der Waals surface area contributed by atoms with E-state index in [2.05, 4.69) is 10.5 Å². The quantitative estimate of drug-likeness (QED) is 0.858. The summed E-state index contributed by atoms with van der Waals surface area (Å²) in [7, 11) is 0. The molecule has 0 atom stereocenters. The summed E-state index contributed by atoms with van der Waals surface area (Å²) in [6.07, 6.45) is 1.25. The van der Waals surface area contributed by atoms with Gasteiger partial charge in [0.2, 0.25) is 0 Å². The van der Waals surface area contributed by atoms with Gasteiger partial charge in [-0.2, -0.15) is 0 Å². The van der Waals surface area contributed by atoms with Gasteiger partial charge < -0.3 is 0 Å². The van der Waals surface area contributed by atoms with Gasteiger partial charge >= 0.3 is 0 Å². The van der Waals surface area contributed by atoms with Gasteiger partial charge in [0.25, 0.3) is 5.91 Å². The summed E-state index contributed by atoms with van der Waals surface area (Å²) in [6, 6.07) is 0. The molecule has 0 spiro atoms. The van der Waals surface area contributed by atoms with Crippen molar-refractivity contribution >= 4 is 40.7 Å². The van der Waals surface area contributed by atoms with Crippen LogP contribution in [0.15, 0.2) is 6.20 Å². The number of nitrogens with one attached hydrogen (secondary N) is 1. The highest BCUT2D eigenvalue weighted by Gasteiger charge is 2.16. The van der Waals surface area contributed by atoms with Crippen molar-refractivity contribution in [2.45, 2.75) is 6.92 Å². The molecule has 1 amide bonds. The smallest absolute Gasteiger partial charge is 0.274 e. The number of hydrogen-bond acceptors (Lipinski definition) is 3. The minimum absolute atomic E-state index is 0.00127. The van der Waals surface area contributed by atoms with E-state index >= 15 is 0 Å². The zero-order valence-corrected chi connectivity index (χ0v) is 9.95. The molecule has 1 N–H and O–H groups in total. The van der Waals surface area contributed by atoms with Gasteiger partial charge in [0.05, 0.1) is 21.7 Å². The molecule has 82 valence electrons. The number of aromatic nitrogens is 1. The lowest BCUT2D eigenvalue weighted by Gasteiger charge is -2.06. The number of hydroxylamine groups is 1. The summed E-state index contributed by atoms with van der Waals surface area (Å²) >= 11 is 17.2. The number of amides is 1. The third-order valence-corrected chi connectivity index (χ3v) is 2.68. The molecule has 1 aromatic rings. The standard InChI is InChI=1S/C8H7Cl3N2O2/c1-2-15-13-8(14)7-6(11)5(10)4(9)3-12-7/h3H,2H2,1H3,(H,13,14). The molecule has 0 saturated carbocycles. The van der Waals surface area contributed by atoms with Crippen molar-refractivity contribution in [2.75, 3.05) is 6.61 Å². The van der Waals surface area contributed by atoms with E-state index in [1.165, 1.54) is 6.20 Å². The summed E-state index contributed by atoms with van der Waals surface area (Å²) in [5.41, 5.74) is 2.12. The molecule has 0 aliphatic carbocycles. The molecule has 7 heteroatoms. The maximum absolute atomic E-state index is 11.4. The first-order valence-electron chi connectivity index (χ1n) is 3.99. The Morgan fingerprint density at radius 3 is 2.73 bits per heavy atom. The van der Waals surface area contributed by atoms with Crippen LogP contribution in [0.2, 0.25) is 15.1 Å². The number of pyridine rings is 1. The molecule has 0 aromatic carbocycles. The second-order valence-electron chi connectivity index (χ2n) is 2.45. The molecule has 0 radical (unpaired) electrons. The Morgan fingerprint density at radius 1 is 1.47 bits per heavy atom. The lowest BCUT2D eigenvalue weighted by molar-refractivity contribution is 0.0360. The third kappa shape index (κ3) is 2.95. The molecule has 1 aromatic heterocycles. The van der Waals surface area contributed by atoms with Crippen molar-refractivity contribution in [2.24, 2.45) is 0 Å². The van der Waals surface area contributed by atoms with E-state index in [9.17, 15) is 4.79 Å². The Morgan fingerprint density at radius 2 is 2.13 bits per heavy atom. The molecular weight excluding hydrogens is 262 g/mol. The van der Waals surface area contributed by atoms with E-state index in [1.54, 1.807) is 6.92 Å².